The molecule has 0 bridgehead atoms. The van der Waals surface area contributed by atoms with Gasteiger partial charge in [-0.2, -0.15) is 5.26 Å². The third-order valence-corrected chi connectivity index (χ3v) is 15.7. The number of fused-ring (bicyclic) bond motifs is 15. The van der Waals surface area contributed by atoms with Gasteiger partial charge in [-0.15, -0.1) is 0 Å². The molecule has 12 aromatic rings. The van der Waals surface area contributed by atoms with E-state index in [1.807, 2.05) is 6.07 Å². The van der Waals surface area contributed by atoms with Crippen LogP contribution in [0.15, 0.2) is 174 Å². The molecule has 0 N–H and O–H groups in total. The minimum Gasteiger partial charge on any atom is -0.454 e. The molecule has 0 fully saturated rings. The first-order valence-electron chi connectivity index (χ1n) is 24.4. The van der Waals surface area contributed by atoms with Crippen molar-refractivity contribution in [1.29, 1.82) is 5.26 Å². The standard InChI is InChI=1S/C63H46BN5O/c1-62(2,3)37-24-28-49-44(32-37)45-33-38(63(4,5)6)25-29-50(45)66(49)39-26-27-46-54(34-39)67(53-22-12-17-43-41-15-8-10-23-57(41)70-61(43)53)55-30-36(35-65)31-56-58(55)64(46)47-18-13-21-52-60(47)69(56)51-20-11-16-42-40-14-7-9-19-48(40)68(52)59(42)51/h7-34H,1-6H3. The van der Waals surface area contributed by atoms with Crippen molar-refractivity contribution in [1.82, 2.24) is 9.13 Å². The van der Waals surface area contributed by atoms with Crippen molar-refractivity contribution in [3.63, 3.8) is 0 Å². The molecule has 0 saturated heterocycles. The number of rotatable bonds is 2. The minimum atomic E-state index is -0.150. The van der Waals surface area contributed by atoms with Crippen LogP contribution in [-0.2, 0) is 10.8 Å². The van der Waals surface area contributed by atoms with Crippen LogP contribution in [0.3, 0.4) is 0 Å². The van der Waals surface area contributed by atoms with E-state index in [1.165, 1.54) is 71.1 Å². The highest BCUT2D eigenvalue weighted by Gasteiger charge is 2.47. The van der Waals surface area contributed by atoms with Gasteiger partial charge in [0.15, 0.2) is 5.58 Å². The van der Waals surface area contributed by atoms with E-state index in [1.54, 1.807) is 0 Å². The molecule has 3 aromatic heterocycles. The predicted octanol–water partition coefficient (Wildman–Crippen LogP) is 14.6. The van der Waals surface area contributed by atoms with Gasteiger partial charge in [0, 0.05) is 55.1 Å². The SMILES string of the molecule is CC(C)(C)c1ccc2c(c1)c1cc(C(C)(C)C)ccc1n2-c1ccc2c(c1)N(c1cccc3c1oc1ccccc13)c1cc(C#N)cc3c1B2c1cccc2c1N3c1cccc3c4ccccc4n-2c13. The second-order valence-electron chi connectivity index (χ2n) is 21.7. The summed E-state index contributed by atoms with van der Waals surface area (Å²) in [6.45, 7) is 13.6. The second kappa shape index (κ2) is 13.4. The third kappa shape index (κ3) is 5.07. The van der Waals surface area contributed by atoms with E-state index in [0.29, 0.717) is 5.56 Å². The maximum atomic E-state index is 11.1. The summed E-state index contributed by atoms with van der Waals surface area (Å²) in [4.78, 5) is 4.86. The van der Waals surface area contributed by atoms with Crippen molar-refractivity contribution in [2.45, 2.75) is 52.4 Å². The van der Waals surface area contributed by atoms with Crippen molar-refractivity contribution in [3.05, 3.63) is 187 Å². The Hall–Kier alpha value is -8.47. The lowest BCUT2D eigenvalue weighted by Crippen LogP contribution is -2.61. The normalized spacial score (nSPS) is 13.8. The van der Waals surface area contributed by atoms with Crippen LogP contribution in [0.4, 0.5) is 34.1 Å². The lowest BCUT2D eigenvalue weighted by atomic mass is 9.33. The average molecular weight is 900 g/mol. The monoisotopic (exact) mass is 899 g/mol. The molecule has 0 radical (unpaired) electrons. The zero-order chi connectivity index (χ0) is 47.1. The van der Waals surface area contributed by atoms with Gasteiger partial charge in [0.2, 0.25) is 0 Å². The van der Waals surface area contributed by atoms with E-state index in [0.717, 1.165) is 67.4 Å². The molecule has 3 aliphatic heterocycles. The summed E-state index contributed by atoms with van der Waals surface area (Å²) < 4.78 is 11.8. The number of hydrogen-bond acceptors (Lipinski definition) is 4. The van der Waals surface area contributed by atoms with Crippen LogP contribution in [0.25, 0.3) is 76.9 Å². The largest absolute Gasteiger partial charge is 0.454 e. The minimum absolute atomic E-state index is 0.0164. The second-order valence-corrected chi connectivity index (χ2v) is 21.7. The van der Waals surface area contributed by atoms with E-state index in [9.17, 15) is 5.26 Å². The molecule has 7 heteroatoms. The fourth-order valence-electron chi connectivity index (χ4n) is 12.5. The average Bonchev–Trinajstić information content (AvgIpc) is 4.03. The van der Waals surface area contributed by atoms with Crippen molar-refractivity contribution in [2.24, 2.45) is 0 Å². The summed E-state index contributed by atoms with van der Waals surface area (Å²) in [5, 5.41) is 18.1. The van der Waals surface area contributed by atoms with E-state index < -0.39 is 0 Å². The van der Waals surface area contributed by atoms with Gasteiger partial charge >= 0.3 is 0 Å². The molecule has 6 heterocycles. The topological polar surface area (TPSA) is 53.3 Å². The van der Waals surface area contributed by atoms with Crippen LogP contribution < -0.4 is 26.2 Å². The number of nitriles is 1. The van der Waals surface area contributed by atoms with Gasteiger partial charge in [-0.05, 0) is 117 Å². The van der Waals surface area contributed by atoms with E-state index in [2.05, 4.69) is 230 Å². The zero-order valence-corrected chi connectivity index (χ0v) is 39.9. The fraction of sp³-hybridized carbons (Fsp3) is 0.127. The number of para-hydroxylation sites is 5. The van der Waals surface area contributed by atoms with Crippen molar-refractivity contribution in [2.75, 3.05) is 9.80 Å². The van der Waals surface area contributed by atoms with E-state index in [-0.39, 0.29) is 17.5 Å². The van der Waals surface area contributed by atoms with Gasteiger partial charge in [-0.3, -0.25) is 0 Å². The van der Waals surface area contributed by atoms with Crippen LogP contribution >= 0.6 is 0 Å². The van der Waals surface area contributed by atoms with Gasteiger partial charge in [-0.1, -0.05) is 133 Å². The lowest BCUT2D eigenvalue weighted by molar-refractivity contribution is 0.590. The Labute approximate surface area is 405 Å². The molecule has 70 heavy (non-hydrogen) atoms. The number of nitrogens with zero attached hydrogens (tertiary/aromatic N) is 5. The molecule has 332 valence electrons. The first-order chi connectivity index (χ1) is 34.0. The Bertz CT molecular complexity index is 4300. The molecule has 3 aliphatic rings. The smallest absolute Gasteiger partial charge is 0.252 e. The van der Waals surface area contributed by atoms with Gasteiger partial charge in [0.1, 0.15) is 5.58 Å². The Morgan fingerprint density at radius 1 is 0.457 bits per heavy atom. The number of benzene rings is 9. The van der Waals surface area contributed by atoms with Crippen LogP contribution in [-0.4, -0.2) is 15.8 Å². The Morgan fingerprint density at radius 3 is 1.80 bits per heavy atom. The fourth-order valence-corrected chi connectivity index (χ4v) is 12.5. The molecular formula is C63H46BN5O. The first-order valence-corrected chi connectivity index (χ1v) is 24.4. The lowest BCUT2D eigenvalue weighted by Gasteiger charge is -2.46. The number of anilines is 6. The molecule has 6 nitrogen and oxygen atoms in total. The van der Waals surface area contributed by atoms with Gasteiger partial charge in [0.05, 0.1) is 56.4 Å². The van der Waals surface area contributed by atoms with Gasteiger partial charge in [-0.25, -0.2) is 0 Å². The summed E-state index contributed by atoms with van der Waals surface area (Å²) in [6, 6.07) is 65.2. The van der Waals surface area contributed by atoms with Crippen molar-refractivity contribution < 1.29 is 4.42 Å². The quantitative estimate of drug-likeness (QED) is 0.162. The molecule has 0 spiro atoms. The highest BCUT2D eigenvalue weighted by atomic mass is 16.3. The first kappa shape index (κ1) is 39.5. The molecule has 0 aliphatic carbocycles. The summed E-state index contributed by atoms with van der Waals surface area (Å²) in [5.41, 5.74) is 21.5. The molecule has 0 atom stereocenters. The highest BCUT2D eigenvalue weighted by Crippen LogP contribution is 2.53. The Morgan fingerprint density at radius 2 is 1.07 bits per heavy atom. The molecule has 0 saturated carbocycles. The van der Waals surface area contributed by atoms with Crippen LogP contribution in [0.5, 0.6) is 0 Å². The zero-order valence-electron chi connectivity index (χ0n) is 39.9. The van der Waals surface area contributed by atoms with Gasteiger partial charge < -0.3 is 23.4 Å². The summed E-state index contributed by atoms with van der Waals surface area (Å²) >= 11 is 0. The predicted molar refractivity (Wildman–Crippen MR) is 292 cm³/mol. The summed E-state index contributed by atoms with van der Waals surface area (Å²) in [5.74, 6) is 0. The molecule has 0 amide bonds. The summed E-state index contributed by atoms with van der Waals surface area (Å²) in [7, 11) is 0. The Kier molecular flexibility index (Phi) is 7.57. The van der Waals surface area contributed by atoms with Crippen LogP contribution in [0.1, 0.15) is 58.2 Å². The number of aromatic nitrogens is 2. The maximum absolute atomic E-state index is 11.1. The van der Waals surface area contributed by atoms with Crippen molar-refractivity contribution >= 4 is 123 Å². The van der Waals surface area contributed by atoms with Crippen LogP contribution in [0.2, 0.25) is 0 Å². The maximum Gasteiger partial charge on any atom is 0.252 e. The van der Waals surface area contributed by atoms with E-state index >= 15 is 0 Å². The number of hydrogen-bond donors (Lipinski definition) is 0. The summed E-state index contributed by atoms with van der Waals surface area (Å²) in [6.07, 6.45) is 0. The molecule has 0 unspecified atom stereocenters. The molecule has 9 aromatic carbocycles. The molecule has 15 rings (SSSR count). The van der Waals surface area contributed by atoms with E-state index in [4.69, 9.17) is 4.42 Å². The Balaban J connectivity index is 1.07. The highest BCUT2D eigenvalue weighted by molar-refractivity contribution is 7.00. The van der Waals surface area contributed by atoms with Crippen LogP contribution in [0, 0.1) is 11.3 Å². The molecular weight excluding hydrogens is 854 g/mol. The van der Waals surface area contributed by atoms with Crippen molar-refractivity contribution in [3.8, 4) is 17.4 Å². The van der Waals surface area contributed by atoms with Gasteiger partial charge in [0.25, 0.3) is 6.71 Å². The number of furan rings is 1. The third-order valence-electron chi connectivity index (χ3n) is 15.7.